The lowest BCUT2D eigenvalue weighted by Gasteiger charge is -2.13. The molecule has 1 saturated carbocycles. The van der Waals surface area contributed by atoms with E-state index in [4.69, 9.17) is 4.42 Å². The van der Waals surface area contributed by atoms with Crippen LogP contribution in [0.3, 0.4) is 0 Å². The van der Waals surface area contributed by atoms with Crippen LogP contribution < -0.4 is 5.32 Å². The Hall–Kier alpha value is -2.11. The molecule has 1 aliphatic carbocycles. The van der Waals surface area contributed by atoms with E-state index in [1.165, 1.54) is 4.90 Å². The van der Waals surface area contributed by atoms with Crippen molar-refractivity contribution in [2.75, 3.05) is 13.1 Å². The first kappa shape index (κ1) is 13.9. The zero-order valence-electron chi connectivity index (χ0n) is 11.7. The van der Waals surface area contributed by atoms with Crippen molar-refractivity contribution in [3.63, 3.8) is 0 Å². The number of amides is 3. The summed E-state index contributed by atoms with van der Waals surface area (Å²) in [5.41, 5.74) is 0. The van der Waals surface area contributed by atoms with E-state index < -0.39 is 0 Å². The summed E-state index contributed by atoms with van der Waals surface area (Å²) in [6.45, 7) is 0.876. The maximum Gasteiger partial charge on any atom is 0.229 e. The number of carbonyl (C=O) groups excluding carboxylic acids is 3. The van der Waals surface area contributed by atoms with E-state index in [9.17, 15) is 14.4 Å². The predicted molar refractivity (Wildman–Crippen MR) is 73.1 cm³/mol. The van der Waals surface area contributed by atoms with Gasteiger partial charge in [-0.05, 0) is 25.0 Å². The third-order valence-electron chi connectivity index (χ3n) is 4.05. The molecule has 2 heterocycles. The van der Waals surface area contributed by atoms with Crippen LogP contribution in [-0.2, 0) is 14.4 Å². The number of furan rings is 1. The van der Waals surface area contributed by atoms with E-state index in [2.05, 4.69) is 5.32 Å². The molecule has 3 rings (SSSR count). The van der Waals surface area contributed by atoms with Gasteiger partial charge in [-0.3, -0.25) is 19.3 Å². The fourth-order valence-corrected chi connectivity index (χ4v) is 2.75. The van der Waals surface area contributed by atoms with Gasteiger partial charge in [-0.25, -0.2) is 0 Å². The first-order valence-corrected chi connectivity index (χ1v) is 7.31. The van der Waals surface area contributed by atoms with Crippen molar-refractivity contribution in [1.82, 2.24) is 10.2 Å². The molecule has 0 aromatic carbocycles. The number of nitrogens with zero attached hydrogens (tertiary/aromatic N) is 1. The number of carbonyl (C=O) groups is 3. The summed E-state index contributed by atoms with van der Waals surface area (Å²) in [4.78, 5) is 36.0. The summed E-state index contributed by atoms with van der Waals surface area (Å²) < 4.78 is 5.29. The minimum atomic E-state index is -0.105. The van der Waals surface area contributed by atoms with Gasteiger partial charge < -0.3 is 9.73 Å². The van der Waals surface area contributed by atoms with Crippen LogP contribution in [-0.4, -0.2) is 35.7 Å². The van der Waals surface area contributed by atoms with Crippen molar-refractivity contribution >= 4 is 17.7 Å². The van der Waals surface area contributed by atoms with E-state index in [0.717, 1.165) is 12.2 Å². The van der Waals surface area contributed by atoms with Gasteiger partial charge in [0.05, 0.1) is 6.26 Å². The summed E-state index contributed by atoms with van der Waals surface area (Å²) in [6, 6.07) is 3.72. The summed E-state index contributed by atoms with van der Waals surface area (Å²) in [5, 5.41) is 2.86. The number of imide groups is 1. The molecule has 2 atom stereocenters. The van der Waals surface area contributed by atoms with E-state index in [1.54, 1.807) is 6.26 Å². The maximum absolute atomic E-state index is 11.9. The second-order valence-corrected chi connectivity index (χ2v) is 5.55. The fourth-order valence-electron chi connectivity index (χ4n) is 2.75. The van der Waals surface area contributed by atoms with Crippen LogP contribution in [0.1, 0.15) is 37.4 Å². The average molecular weight is 290 g/mol. The molecule has 1 saturated heterocycles. The highest BCUT2D eigenvalue weighted by atomic mass is 16.3. The molecule has 112 valence electrons. The second-order valence-electron chi connectivity index (χ2n) is 5.55. The third kappa shape index (κ3) is 2.99. The van der Waals surface area contributed by atoms with Gasteiger partial charge in [0.2, 0.25) is 17.7 Å². The van der Waals surface area contributed by atoms with E-state index >= 15 is 0 Å². The highest BCUT2D eigenvalue weighted by Gasteiger charge is 2.45. The highest BCUT2D eigenvalue weighted by Crippen LogP contribution is 2.47. The van der Waals surface area contributed by atoms with Gasteiger partial charge in [-0.2, -0.15) is 0 Å². The Balaban J connectivity index is 1.36. The molecular weight excluding hydrogens is 272 g/mol. The van der Waals surface area contributed by atoms with Crippen LogP contribution in [0.25, 0.3) is 0 Å². The summed E-state index contributed by atoms with van der Waals surface area (Å²) >= 11 is 0. The Labute approximate surface area is 122 Å². The standard InChI is InChI=1S/C15H18N2O4/c18-13-4-5-14(19)17(13)7-2-6-16-15(20)11-9-10(11)12-3-1-8-21-12/h1,3,8,10-11H,2,4-7,9H2,(H,16,20)/t10-,11+/m0/s1. The zero-order chi connectivity index (χ0) is 14.8. The minimum absolute atomic E-state index is 0.00815. The Kier molecular flexibility index (Phi) is 3.77. The first-order valence-electron chi connectivity index (χ1n) is 7.31. The van der Waals surface area contributed by atoms with E-state index in [0.29, 0.717) is 32.4 Å². The van der Waals surface area contributed by atoms with Gasteiger partial charge >= 0.3 is 0 Å². The van der Waals surface area contributed by atoms with Gasteiger partial charge in [0, 0.05) is 37.8 Å². The molecular formula is C15H18N2O4. The van der Waals surface area contributed by atoms with E-state index in [1.807, 2.05) is 12.1 Å². The number of hydrogen-bond donors (Lipinski definition) is 1. The monoisotopic (exact) mass is 290 g/mol. The van der Waals surface area contributed by atoms with Gasteiger partial charge in [-0.1, -0.05) is 0 Å². The Morgan fingerprint density at radius 2 is 2.10 bits per heavy atom. The zero-order valence-corrected chi connectivity index (χ0v) is 11.7. The molecule has 6 heteroatoms. The molecule has 3 amide bonds. The van der Waals surface area contributed by atoms with Crippen molar-refractivity contribution in [2.45, 2.75) is 31.6 Å². The number of nitrogens with one attached hydrogen (secondary N) is 1. The molecule has 0 spiro atoms. The Morgan fingerprint density at radius 1 is 1.33 bits per heavy atom. The summed E-state index contributed by atoms with van der Waals surface area (Å²) in [7, 11) is 0. The van der Waals surface area contributed by atoms with Crippen LogP contribution in [0.5, 0.6) is 0 Å². The van der Waals surface area contributed by atoms with Crippen LogP contribution in [0.15, 0.2) is 22.8 Å². The Bertz CT molecular complexity index is 536. The predicted octanol–water partition coefficient (Wildman–Crippen LogP) is 1.04. The van der Waals surface area contributed by atoms with Crippen LogP contribution in [0, 0.1) is 5.92 Å². The van der Waals surface area contributed by atoms with Crippen molar-refractivity contribution < 1.29 is 18.8 Å². The normalized spacial score (nSPS) is 24.5. The smallest absolute Gasteiger partial charge is 0.229 e. The van der Waals surface area contributed by atoms with Crippen molar-refractivity contribution in [1.29, 1.82) is 0 Å². The lowest BCUT2D eigenvalue weighted by molar-refractivity contribution is -0.138. The molecule has 1 N–H and O–H groups in total. The molecule has 1 aliphatic heterocycles. The van der Waals surface area contributed by atoms with E-state index in [-0.39, 0.29) is 29.6 Å². The van der Waals surface area contributed by atoms with Crippen LogP contribution in [0.4, 0.5) is 0 Å². The third-order valence-corrected chi connectivity index (χ3v) is 4.05. The Morgan fingerprint density at radius 3 is 2.76 bits per heavy atom. The lowest BCUT2D eigenvalue weighted by atomic mass is 10.2. The quantitative estimate of drug-likeness (QED) is 0.627. The molecule has 2 aliphatic rings. The van der Waals surface area contributed by atoms with Crippen molar-refractivity contribution in [2.24, 2.45) is 5.92 Å². The van der Waals surface area contributed by atoms with Crippen molar-refractivity contribution in [3.05, 3.63) is 24.2 Å². The van der Waals surface area contributed by atoms with Gasteiger partial charge in [0.1, 0.15) is 5.76 Å². The molecule has 0 unspecified atom stereocenters. The molecule has 1 aromatic rings. The molecule has 6 nitrogen and oxygen atoms in total. The van der Waals surface area contributed by atoms with Gasteiger partial charge in [-0.15, -0.1) is 0 Å². The molecule has 0 radical (unpaired) electrons. The average Bonchev–Trinajstić information content (AvgIpc) is 2.96. The highest BCUT2D eigenvalue weighted by molar-refractivity contribution is 6.01. The first-order chi connectivity index (χ1) is 10.2. The summed E-state index contributed by atoms with van der Waals surface area (Å²) in [6.07, 6.45) is 3.67. The largest absolute Gasteiger partial charge is 0.469 e. The maximum atomic E-state index is 11.9. The van der Waals surface area contributed by atoms with Crippen molar-refractivity contribution in [3.8, 4) is 0 Å². The fraction of sp³-hybridized carbons (Fsp3) is 0.533. The van der Waals surface area contributed by atoms with Gasteiger partial charge in [0.15, 0.2) is 0 Å². The summed E-state index contributed by atoms with van der Waals surface area (Å²) in [5.74, 6) is 0.865. The van der Waals surface area contributed by atoms with Crippen LogP contribution >= 0.6 is 0 Å². The molecule has 1 aromatic heterocycles. The lowest BCUT2D eigenvalue weighted by Crippen LogP contribution is -2.33. The number of rotatable bonds is 6. The minimum Gasteiger partial charge on any atom is -0.469 e. The van der Waals surface area contributed by atoms with Gasteiger partial charge in [0.25, 0.3) is 0 Å². The number of likely N-dealkylation sites (tertiary alicyclic amines) is 1. The number of hydrogen-bond acceptors (Lipinski definition) is 4. The molecule has 21 heavy (non-hydrogen) atoms. The molecule has 0 bridgehead atoms. The van der Waals surface area contributed by atoms with Crippen LogP contribution in [0.2, 0.25) is 0 Å². The SMILES string of the molecule is O=C(NCCCN1C(=O)CCC1=O)[C@@H]1C[C@@H]1c1ccco1. The topological polar surface area (TPSA) is 79.6 Å². The second kappa shape index (κ2) is 5.71. The molecule has 2 fully saturated rings.